The first-order valence-corrected chi connectivity index (χ1v) is 7.61. The highest BCUT2D eigenvalue weighted by Crippen LogP contribution is 2.24. The van der Waals surface area contributed by atoms with Crippen molar-refractivity contribution in [3.05, 3.63) is 59.0 Å². The number of benzene rings is 1. The zero-order valence-electron chi connectivity index (χ0n) is 14.1. The van der Waals surface area contributed by atoms with E-state index in [2.05, 4.69) is 9.97 Å². The second-order valence-electron chi connectivity index (χ2n) is 5.53. The smallest absolute Gasteiger partial charge is 0.216 e. The van der Waals surface area contributed by atoms with Crippen LogP contribution < -0.4 is 9.47 Å². The maximum absolute atomic E-state index is 13.3. The number of nitrogens with zero attached hydrogens (tertiary/aromatic N) is 1. The fraction of sp³-hybridized carbons (Fsp3) is 0.158. The van der Waals surface area contributed by atoms with Gasteiger partial charge in [0.1, 0.15) is 5.82 Å². The number of halogens is 1. The number of aromatic nitrogens is 2. The molecule has 2 heterocycles. The molecule has 2 aromatic heterocycles. The number of ether oxygens (including phenoxy) is 2. The summed E-state index contributed by atoms with van der Waals surface area (Å²) in [5.41, 5.74) is 2.44. The number of carbonyl (C=O) groups excluding carboxylic acids is 1. The van der Waals surface area contributed by atoms with E-state index in [1.165, 1.54) is 26.4 Å². The van der Waals surface area contributed by atoms with E-state index in [9.17, 15) is 9.18 Å². The number of hydrogen-bond acceptors (Lipinski definition) is 4. The molecule has 0 aliphatic heterocycles. The van der Waals surface area contributed by atoms with Crippen LogP contribution in [0.2, 0.25) is 0 Å². The molecule has 0 aliphatic rings. The molecule has 0 fully saturated rings. The van der Waals surface area contributed by atoms with Crippen molar-refractivity contribution in [2.24, 2.45) is 0 Å². The van der Waals surface area contributed by atoms with Crippen molar-refractivity contribution in [3.8, 4) is 11.8 Å². The zero-order chi connectivity index (χ0) is 18.0. The van der Waals surface area contributed by atoms with Crippen molar-refractivity contribution in [3.63, 3.8) is 0 Å². The molecule has 6 heteroatoms. The molecule has 0 atom stereocenters. The molecule has 128 valence electrons. The Bertz CT molecular complexity index is 954. The summed E-state index contributed by atoms with van der Waals surface area (Å²) in [5, 5.41) is 0.846. The topological polar surface area (TPSA) is 64.2 Å². The Morgan fingerprint density at radius 1 is 1.16 bits per heavy atom. The second-order valence-corrected chi connectivity index (χ2v) is 5.53. The molecule has 3 aromatic rings. The number of allylic oxidation sites excluding steroid dienone is 1. The third kappa shape index (κ3) is 3.38. The standard InChI is InChI=1S/C19H17FN2O3/c1-11(6-13-10-21-16-9-14(20)4-5-15(13)16)19(23)12-7-17(24-2)22-18(8-12)25-3/h4-10,21H,1-3H3/b11-6+. The number of methoxy groups -OCH3 is 2. The van der Waals surface area contributed by atoms with E-state index in [1.807, 2.05) is 0 Å². The van der Waals surface area contributed by atoms with Crippen LogP contribution in [0.4, 0.5) is 4.39 Å². The Hall–Kier alpha value is -3.15. The van der Waals surface area contributed by atoms with Crippen molar-refractivity contribution in [1.82, 2.24) is 9.97 Å². The molecule has 0 bridgehead atoms. The summed E-state index contributed by atoms with van der Waals surface area (Å²) in [7, 11) is 2.95. The zero-order valence-corrected chi connectivity index (χ0v) is 14.1. The largest absolute Gasteiger partial charge is 0.481 e. The predicted octanol–water partition coefficient (Wildman–Crippen LogP) is 4.01. The van der Waals surface area contributed by atoms with Crippen molar-refractivity contribution in [1.29, 1.82) is 0 Å². The third-order valence-corrected chi connectivity index (χ3v) is 3.86. The first-order valence-electron chi connectivity index (χ1n) is 7.61. The molecule has 1 N–H and O–H groups in total. The summed E-state index contributed by atoms with van der Waals surface area (Å²) in [4.78, 5) is 19.8. The number of nitrogens with one attached hydrogen (secondary N) is 1. The van der Waals surface area contributed by atoms with Gasteiger partial charge in [-0.3, -0.25) is 4.79 Å². The third-order valence-electron chi connectivity index (χ3n) is 3.86. The van der Waals surface area contributed by atoms with Gasteiger partial charge in [0.2, 0.25) is 11.8 Å². The van der Waals surface area contributed by atoms with Gasteiger partial charge < -0.3 is 14.5 Å². The van der Waals surface area contributed by atoms with Gasteiger partial charge in [-0.05, 0) is 36.8 Å². The van der Waals surface area contributed by atoms with Crippen LogP contribution in [0.25, 0.3) is 17.0 Å². The lowest BCUT2D eigenvalue weighted by Crippen LogP contribution is -2.03. The molecule has 1 aromatic carbocycles. The lowest BCUT2D eigenvalue weighted by atomic mass is 10.0. The van der Waals surface area contributed by atoms with Gasteiger partial charge in [-0.2, -0.15) is 4.98 Å². The van der Waals surface area contributed by atoms with Gasteiger partial charge in [0, 0.05) is 40.4 Å². The SMILES string of the molecule is COc1cc(C(=O)/C(C)=C/c2c[nH]c3cc(F)ccc23)cc(OC)n1. The van der Waals surface area contributed by atoms with E-state index in [-0.39, 0.29) is 11.6 Å². The van der Waals surface area contributed by atoms with Crippen LogP contribution in [0.3, 0.4) is 0 Å². The number of hydrogen-bond donors (Lipinski definition) is 1. The number of fused-ring (bicyclic) bond motifs is 1. The van der Waals surface area contributed by atoms with E-state index >= 15 is 0 Å². The predicted molar refractivity (Wildman–Crippen MR) is 93.6 cm³/mol. The highest BCUT2D eigenvalue weighted by atomic mass is 19.1. The monoisotopic (exact) mass is 340 g/mol. The lowest BCUT2D eigenvalue weighted by Gasteiger charge is -2.07. The van der Waals surface area contributed by atoms with Crippen LogP contribution >= 0.6 is 0 Å². The summed E-state index contributed by atoms with van der Waals surface area (Å²) in [6.45, 7) is 1.73. The van der Waals surface area contributed by atoms with Gasteiger partial charge in [0.25, 0.3) is 0 Å². The Labute approximate surface area is 144 Å². The minimum atomic E-state index is -0.311. The minimum absolute atomic E-state index is 0.171. The molecule has 0 radical (unpaired) electrons. The van der Waals surface area contributed by atoms with E-state index in [4.69, 9.17) is 9.47 Å². The number of carbonyl (C=O) groups is 1. The van der Waals surface area contributed by atoms with E-state index in [1.54, 1.807) is 37.4 Å². The van der Waals surface area contributed by atoms with Crippen LogP contribution in [0.15, 0.2) is 42.1 Å². The Morgan fingerprint density at radius 3 is 2.48 bits per heavy atom. The van der Waals surface area contributed by atoms with Crippen LogP contribution in [-0.4, -0.2) is 30.0 Å². The lowest BCUT2D eigenvalue weighted by molar-refractivity contribution is 0.103. The Balaban J connectivity index is 1.97. The van der Waals surface area contributed by atoms with Crippen LogP contribution in [-0.2, 0) is 0 Å². The minimum Gasteiger partial charge on any atom is -0.481 e. The fourth-order valence-corrected chi connectivity index (χ4v) is 2.59. The molecule has 25 heavy (non-hydrogen) atoms. The van der Waals surface area contributed by atoms with Gasteiger partial charge in [-0.25, -0.2) is 4.39 Å². The molecular formula is C19H17FN2O3. The van der Waals surface area contributed by atoms with E-state index < -0.39 is 0 Å². The van der Waals surface area contributed by atoms with E-state index in [0.29, 0.717) is 28.4 Å². The quantitative estimate of drug-likeness (QED) is 0.563. The summed E-state index contributed by atoms with van der Waals surface area (Å²) >= 11 is 0. The number of pyridine rings is 1. The number of ketones is 1. The van der Waals surface area contributed by atoms with Gasteiger partial charge in [-0.1, -0.05) is 0 Å². The molecular weight excluding hydrogens is 323 g/mol. The molecule has 3 rings (SSSR count). The van der Waals surface area contributed by atoms with Crippen molar-refractivity contribution in [2.45, 2.75) is 6.92 Å². The maximum Gasteiger partial charge on any atom is 0.216 e. The number of aromatic amines is 1. The normalized spacial score (nSPS) is 11.6. The summed E-state index contributed by atoms with van der Waals surface area (Å²) in [6.07, 6.45) is 3.51. The molecule has 0 saturated carbocycles. The first-order chi connectivity index (χ1) is 12.0. The van der Waals surface area contributed by atoms with Crippen molar-refractivity contribution in [2.75, 3.05) is 14.2 Å². The molecule has 0 spiro atoms. The average Bonchev–Trinajstić information content (AvgIpc) is 3.02. The van der Waals surface area contributed by atoms with Gasteiger partial charge >= 0.3 is 0 Å². The van der Waals surface area contributed by atoms with Crippen LogP contribution in [0.5, 0.6) is 11.8 Å². The summed E-state index contributed by atoms with van der Waals surface area (Å²) < 4.78 is 23.5. The van der Waals surface area contributed by atoms with Gasteiger partial charge in [0.05, 0.1) is 14.2 Å². The first kappa shape index (κ1) is 16.7. The highest BCUT2D eigenvalue weighted by molar-refractivity contribution is 6.12. The number of H-pyrrole nitrogens is 1. The molecule has 0 unspecified atom stereocenters. The van der Waals surface area contributed by atoms with Crippen LogP contribution in [0.1, 0.15) is 22.8 Å². The Kier molecular flexibility index (Phi) is 4.52. The summed E-state index contributed by atoms with van der Waals surface area (Å²) in [5.74, 6) is 0.125. The highest BCUT2D eigenvalue weighted by Gasteiger charge is 2.13. The maximum atomic E-state index is 13.3. The molecule has 0 aliphatic carbocycles. The molecule has 0 saturated heterocycles. The Morgan fingerprint density at radius 2 is 1.84 bits per heavy atom. The average molecular weight is 340 g/mol. The summed E-state index contributed by atoms with van der Waals surface area (Å²) in [6, 6.07) is 7.62. The van der Waals surface area contributed by atoms with Crippen LogP contribution in [0, 0.1) is 5.82 Å². The second kappa shape index (κ2) is 6.76. The number of Topliss-reactive ketones (excluding diaryl/α,β-unsaturated/α-hetero) is 1. The molecule has 5 nitrogen and oxygen atoms in total. The van der Waals surface area contributed by atoms with Gasteiger partial charge in [0.15, 0.2) is 5.78 Å². The van der Waals surface area contributed by atoms with Crippen molar-refractivity contribution < 1.29 is 18.7 Å². The van der Waals surface area contributed by atoms with Gasteiger partial charge in [-0.15, -0.1) is 0 Å². The molecule has 0 amide bonds. The fourth-order valence-electron chi connectivity index (χ4n) is 2.59. The number of rotatable bonds is 5. The van der Waals surface area contributed by atoms with E-state index in [0.717, 1.165) is 10.9 Å². The van der Waals surface area contributed by atoms with Crippen molar-refractivity contribution >= 4 is 22.8 Å².